The molecule has 0 radical (unpaired) electrons. The van der Waals surface area contributed by atoms with Crippen LogP contribution >= 0.6 is 0 Å². The molecule has 1 saturated carbocycles. The lowest BCUT2D eigenvalue weighted by atomic mass is 10.4. The summed E-state index contributed by atoms with van der Waals surface area (Å²) in [4.78, 5) is 25.5. The van der Waals surface area contributed by atoms with Gasteiger partial charge in [-0.1, -0.05) is 0 Å². The molecule has 2 rings (SSSR count). The van der Waals surface area contributed by atoms with Gasteiger partial charge in [0.2, 0.25) is 0 Å². The molecular formula is C14H21N3O3. The molecule has 6 nitrogen and oxygen atoms in total. The molecule has 0 aromatic carbocycles. The van der Waals surface area contributed by atoms with E-state index >= 15 is 0 Å². The fourth-order valence-corrected chi connectivity index (χ4v) is 2.19. The van der Waals surface area contributed by atoms with Crippen LogP contribution in [0.2, 0.25) is 0 Å². The van der Waals surface area contributed by atoms with E-state index in [9.17, 15) is 9.59 Å². The Morgan fingerprint density at radius 3 is 2.60 bits per heavy atom. The van der Waals surface area contributed by atoms with Crippen molar-refractivity contribution in [1.82, 2.24) is 9.47 Å². The molecule has 0 atom stereocenters. The molecule has 0 spiro atoms. The summed E-state index contributed by atoms with van der Waals surface area (Å²) in [6, 6.07) is 1.94. The average Bonchev–Trinajstić information content (AvgIpc) is 3.20. The molecule has 20 heavy (non-hydrogen) atoms. The molecule has 0 bridgehead atoms. The number of amides is 1. The smallest absolute Gasteiger partial charge is 0.355 e. The van der Waals surface area contributed by atoms with Gasteiger partial charge >= 0.3 is 5.97 Å². The van der Waals surface area contributed by atoms with Gasteiger partial charge in [0.05, 0.1) is 5.69 Å². The summed E-state index contributed by atoms with van der Waals surface area (Å²) in [5.41, 5.74) is 6.70. The van der Waals surface area contributed by atoms with E-state index in [-0.39, 0.29) is 12.5 Å². The van der Waals surface area contributed by atoms with Gasteiger partial charge in [-0.2, -0.15) is 0 Å². The first-order valence-corrected chi connectivity index (χ1v) is 6.99. The van der Waals surface area contributed by atoms with Crippen LogP contribution in [0.3, 0.4) is 0 Å². The number of hydrogen-bond donors (Lipinski definition) is 1. The highest BCUT2D eigenvalue weighted by Crippen LogP contribution is 2.37. The van der Waals surface area contributed by atoms with Crippen molar-refractivity contribution in [3.05, 3.63) is 18.0 Å². The highest BCUT2D eigenvalue weighted by Gasteiger charge is 2.28. The van der Waals surface area contributed by atoms with Gasteiger partial charge in [0, 0.05) is 25.3 Å². The molecule has 110 valence electrons. The zero-order chi connectivity index (χ0) is 14.7. The van der Waals surface area contributed by atoms with E-state index in [0.717, 1.165) is 12.8 Å². The Labute approximate surface area is 118 Å². The Morgan fingerprint density at radius 1 is 1.40 bits per heavy atom. The van der Waals surface area contributed by atoms with E-state index in [1.807, 2.05) is 18.4 Å². The fraction of sp³-hybridized carbons (Fsp3) is 0.571. The van der Waals surface area contributed by atoms with E-state index < -0.39 is 5.97 Å². The maximum atomic E-state index is 12.0. The number of rotatable bonds is 6. The van der Waals surface area contributed by atoms with Crippen LogP contribution in [0.1, 0.15) is 43.2 Å². The van der Waals surface area contributed by atoms with Crippen molar-refractivity contribution in [2.75, 3.05) is 25.4 Å². The first-order valence-electron chi connectivity index (χ1n) is 6.99. The third-order valence-corrected chi connectivity index (χ3v) is 3.46. The minimum Gasteiger partial charge on any atom is -0.451 e. The minimum atomic E-state index is -0.492. The van der Waals surface area contributed by atoms with E-state index in [1.54, 1.807) is 17.2 Å². The lowest BCUT2D eigenvalue weighted by Gasteiger charge is -2.18. The lowest BCUT2D eigenvalue weighted by molar-refractivity contribution is -0.134. The number of carbonyl (C=O) groups is 2. The Bertz CT molecular complexity index is 502. The lowest BCUT2D eigenvalue weighted by Crippen LogP contribution is -2.34. The van der Waals surface area contributed by atoms with Crippen LogP contribution in [0, 0.1) is 0 Å². The Morgan fingerprint density at radius 2 is 2.05 bits per heavy atom. The number of hydrogen-bond acceptors (Lipinski definition) is 4. The molecule has 1 aromatic rings. The van der Waals surface area contributed by atoms with Crippen LogP contribution < -0.4 is 5.73 Å². The van der Waals surface area contributed by atoms with Crippen LogP contribution in [0.4, 0.5) is 5.69 Å². The van der Waals surface area contributed by atoms with Crippen LogP contribution in [0.25, 0.3) is 0 Å². The molecule has 0 saturated heterocycles. The third kappa shape index (κ3) is 3.12. The molecule has 1 aromatic heterocycles. The minimum absolute atomic E-state index is 0.180. The second-order valence-electron chi connectivity index (χ2n) is 4.94. The number of carbonyl (C=O) groups excluding carboxylic acids is 2. The van der Waals surface area contributed by atoms with Gasteiger partial charge in [0.25, 0.3) is 5.91 Å². The van der Waals surface area contributed by atoms with Crippen LogP contribution in [-0.4, -0.2) is 41.0 Å². The second kappa shape index (κ2) is 5.98. The highest BCUT2D eigenvalue weighted by atomic mass is 16.5. The van der Waals surface area contributed by atoms with Gasteiger partial charge in [-0.25, -0.2) is 4.79 Å². The summed E-state index contributed by atoms with van der Waals surface area (Å²) in [7, 11) is 0. The number of ether oxygens (including phenoxy) is 1. The van der Waals surface area contributed by atoms with Crippen molar-refractivity contribution in [1.29, 1.82) is 0 Å². The fourth-order valence-electron chi connectivity index (χ4n) is 2.19. The molecule has 1 heterocycles. The number of nitrogens with two attached hydrogens (primary N) is 1. The van der Waals surface area contributed by atoms with Crippen molar-refractivity contribution in [3.8, 4) is 0 Å². The van der Waals surface area contributed by atoms with Crippen LogP contribution in [-0.2, 0) is 9.53 Å². The molecule has 6 heteroatoms. The van der Waals surface area contributed by atoms with E-state index in [2.05, 4.69) is 0 Å². The van der Waals surface area contributed by atoms with Gasteiger partial charge in [-0.3, -0.25) is 4.79 Å². The van der Waals surface area contributed by atoms with Crippen molar-refractivity contribution in [2.24, 2.45) is 0 Å². The largest absolute Gasteiger partial charge is 0.451 e. The summed E-state index contributed by atoms with van der Waals surface area (Å²) in [6.07, 6.45) is 3.85. The van der Waals surface area contributed by atoms with Crippen molar-refractivity contribution in [3.63, 3.8) is 0 Å². The molecule has 1 aliphatic carbocycles. The zero-order valence-electron chi connectivity index (χ0n) is 12.0. The number of aromatic nitrogens is 1. The van der Waals surface area contributed by atoms with Gasteiger partial charge in [-0.05, 0) is 32.8 Å². The highest BCUT2D eigenvalue weighted by molar-refractivity contribution is 5.91. The summed E-state index contributed by atoms with van der Waals surface area (Å²) in [6.45, 7) is 4.77. The number of likely N-dealkylation sites (N-methyl/N-ethyl adjacent to an activating group) is 1. The predicted molar refractivity (Wildman–Crippen MR) is 75.3 cm³/mol. The summed E-state index contributed by atoms with van der Waals surface area (Å²) < 4.78 is 6.95. The quantitative estimate of drug-likeness (QED) is 0.799. The van der Waals surface area contributed by atoms with Crippen molar-refractivity contribution >= 4 is 17.6 Å². The third-order valence-electron chi connectivity index (χ3n) is 3.46. The van der Waals surface area contributed by atoms with Gasteiger partial charge < -0.3 is 19.9 Å². The first kappa shape index (κ1) is 14.4. The van der Waals surface area contributed by atoms with E-state index in [1.165, 1.54) is 0 Å². The maximum Gasteiger partial charge on any atom is 0.355 e. The molecule has 2 N–H and O–H groups in total. The normalized spacial score (nSPS) is 14.1. The molecular weight excluding hydrogens is 258 g/mol. The number of nitrogens with zero attached hydrogens (tertiary/aromatic N) is 2. The zero-order valence-corrected chi connectivity index (χ0v) is 12.0. The van der Waals surface area contributed by atoms with Crippen molar-refractivity contribution < 1.29 is 14.3 Å². The van der Waals surface area contributed by atoms with Gasteiger partial charge in [0.15, 0.2) is 6.61 Å². The SMILES string of the molecule is CCN(CC)C(=O)COC(=O)c1cc(N)cn1C1CC1. The second-order valence-corrected chi connectivity index (χ2v) is 4.94. The molecule has 0 unspecified atom stereocenters. The molecule has 1 amide bonds. The number of nitrogen functional groups attached to an aromatic ring is 1. The molecule has 1 fully saturated rings. The van der Waals surface area contributed by atoms with E-state index in [0.29, 0.717) is 30.5 Å². The van der Waals surface area contributed by atoms with Crippen molar-refractivity contribution in [2.45, 2.75) is 32.7 Å². The van der Waals surface area contributed by atoms with Crippen LogP contribution in [0.15, 0.2) is 12.3 Å². The first-order chi connectivity index (χ1) is 9.56. The molecule has 0 aliphatic heterocycles. The number of esters is 1. The topological polar surface area (TPSA) is 77.6 Å². The van der Waals surface area contributed by atoms with Gasteiger partial charge in [-0.15, -0.1) is 0 Å². The summed E-state index contributed by atoms with van der Waals surface area (Å²) in [5, 5.41) is 0. The summed E-state index contributed by atoms with van der Waals surface area (Å²) >= 11 is 0. The standard InChI is InChI=1S/C14H21N3O3/c1-3-16(4-2)13(18)9-20-14(19)12-7-10(15)8-17(12)11-5-6-11/h7-8,11H,3-6,9,15H2,1-2H3. The van der Waals surface area contributed by atoms with Crippen LogP contribution in [0.5, 0.6) is 0 Å². The monoisotopic (exact) mass is 279 g/mol. The maximum absolute atomic E-state index is 12.0. The Kier molecular flexibility index (Phi) is 4.32. The Balaban J connectivity index is 1.97. The molecule has 1 aliphatic rings. The average molecular weight is 279 g/mol. The summed E-state index contributed by atoms with van der Waals surface area (Å²) in [5.74, 6) is -0.671. The predicted octanol–water partition coefficient (Wildman–Crippen LogP) is 1.43. The van der Waals surface area contributed by atoms with E-state index in [4.69, 9.17) is 10.5 Å². The van der Waals surface area contributed by atoms with Gasteiger partial charge in [0.1, 0.15) is 5.69 Å². The number of anilines is 1. The Hall–Kier alpha value is -1.98.